The van der Waals surface area contributed by atoms with Crippen molar-refractivity contribution in [3.05, 3.63) is 59.0 Å². The summed E-state index contributed by atoms with van der Waals surface area (Å²) in [5, 5.41) is 1.86. The molecule has 0 aliphatic carbocycles. The first-order chi connectivity index (χ1) is 14.5. The molecule has 0 radical (unpaired) electrons. The number of ketones is 1. The van der Waals surface area contributed by atoms with E-state index in [0.29, 0.717) is 31.7 Å². The third-order valence-electron chi connectivity index (χ3n) is 5.37. The van der Waals surface area contributed by atoms with Crippen molar-refractivity contribution < 1.29 is 19.1 Å². The summed E-state index contributed by atoms with van der Waals surface area (Å²) in [5.74, 6) is 0.00585. The van der Waals surface area contributed by atoms with Gasteiger partial charge in [0.05, 0.1) is 12.0 Å². The van der Waals surface area contributed by atoms with Gasteiger partial charge in [0.1, 0.15) is 0 Å². The number of fused-ring (bicyclic) bond motifs is 1. The lowest BCUT2D eigenvalue weighted by atomic mass is 9.97. The fourth-order valence-corrected chi connectivity index (χ4v) is 4.70. The fourth-order valence-electron chi connectivity index (χ4n) is 3.76. The Morgan fingerprint density at radius 2 is 1.53 bits per heavy atom. The predicted octanol–water partition coefficient (Wildman–Crippen LogP) is 4.30. The van der Waals surface area contributed by atoms with Crippen LogP contribution in [0.15, 0.2) is 48.5 Å². The molecule has 0 bridgehead atoms. The number of thiophene rings is 1. The zero-order chi connectivity index (χ0) is 21.3. The molecule has 4 rings (SSSR count). The van der Waals surface area contributed by atoms with E-state index < -0.39 is 0 Å². The molecule has 2 aromatic carbocycles. The summed E-state index contributed by atoms with van der Waals surface area (Å²) in [4.78, 5) is 41.7. The maximum atomic E-state index is 13.3. The molecule has 0 N–H and O–H groups in total. The minimum atomic E-state index is -0.363. The number of amides is 2. The first-order valence-corrected chi connectivity index (χ1v) is 10.6. The summed E-state index contributed by atoms with van der Waals surface area (Å²) in [7, 11) is 1.36. The number of hydrogen-bond donors (Lipinski definition) is 0. The highest BCUT2D eigenvalue weighted by molar-refractivity contribution is 7.17. The van der Waals surface area contributed by atoms with E-state index in [4.69, 9.17) is 4.74 Å². The Bertz CT molecular complexity index is 1130. The summed E-state index contributed by atoms with van der Waals surface area (Å²) in [6.07, 6.45) is -0.363. The predicted molar refractivity (Wildman–Crippen MR) is 117 cm³/mol. The maximum Gasteiger partial charge on any atom is 0.409 e. The van der Waals surface area contributed by atoms with Gasteiger partial charge in [0.15, 0.2) is 5.78 Å². The lowest BCUT2D eigenvalue weighted by Crippen LogP contribution is -2.50. The van der Waals surface area contributed by atoms with Crippen molar-refractivity contribution in [1.82, 2.24) is 9.80 Å². The molecule has 7 heteroatoms. The van der Waals surface area contributed by atoms with E-state index in [1.165, 1.54) is 18.4 Å². The summed E-state index contributed by atoms with van der Waals surface area (Å²) in [6, 6.07) is 15.5. The molecule has 154 valence electrons. The van der Waals surface area contributed by atoms with Gasteiger partial charge in [-0.25, -0.2) is 4.79 Å². The number of hydrogen-bond acceptors (Lipinski definition) is 5. The van der Waals surface area contributed by atoms with E-state index in [1.807, 2.05) is 48.5 Å². The molecule has 30 heavy (non-hydrogen) atoms. The highest BCUT2D eigenvalue weighted by Crippen LogP contribution is 2.35. The number of Topliss-reactive ketones (excluding diaryl/α,β-unsaturated/α-hetero) is 1. The lowest BCUT2D eigenvalue weighted by molar-refractivity contribution is 0.0601. The number of nitrogens with zero attached hydrogens (tertiary/aromatic N) is 2. The zero-order valence-electron chi connectivity index (χ0n) is 16.9. The maximum absolute atomic E-state index is 13.3. The molecular formula is C23H22N2O4S. The normalized spacial score (nSPS) is 14.1. The van der Waals surface area contributed by atoms with Gasteiger partial charge in [0.25, 0.3) is 5.91 Å². The van der Waals surface area contributed by atoms with Crippen LogP contribution in [0.1, 0.15) is 27.0 Å². The Morgan fingerprint density at radius 1 is 0.867 bits per heavy atom. The fraction of sp³-hybridized carbons (Fsp3) is 0.261. The molecule has 6 nitrogen and oxygen atoms in total. The Morgan fingerprint density at radius 3 is 2.17 bits per heavy atom. The molecule has 1 fully saturated rings. The Kier molecular flexibility index (Phi) is 5.55. The topological polar surface area (TPSA) is 66.9 Å². The first-order valence-electron chi connectivity index (χ1n) is 9.74. The van der Waals surface area contributed by atoms with E-state index in [9.17, 15) is 14.4 Å². The van der Waals surface area contributed by atoms with Gasteiger partial charge in [-0.05, 0) is 41.5 Å². The van der Waals surface area contributed by atoms with Crippen molar-refractivity contribution in [2.24, 2.45) is 0 Å². The van der Waals surface area contributed by atoms with Gasteiger partial charge in [0.2, 0.25) is 0 Å². The molecule has 3 aromatic rings. The average molecular weight is 423 g/mol. The molecule has 0 saturated carbocycles. The van der Waals surface area contributed by atoms with E-state index >= 15 is 0 Å². The van der Waals surface area contributed by atoms with Gasteiger partial charge in [-0.15, -0.1) is 11.3 Å². The Labute approximate surface area is 178 Å². The van der Waals surface area contributed by atoms with E-state index in [2.05, 4.69) is 0 Å². The number of methoxy groups -OCH3 is 1. The Hall–Kier alpha value is -3.19. The molecule has 1 aromatic heterocycles. The molecule has 0 unspecified atom stereocenters. The van der Waals surface area contributed by atoms with E-state index in [0.717, 1.165) is 26.1 Å². The molecule has 1 aliphatic heterocycles. The van der Waals surface area contributed by atoms with Gasteiger partial charge in [-0.3, -0.25) is 9.59 Å². The van der Waals surface area contributed by atoms with Gasteiger partial charge >= 0.3 is 6.09 Å². The summed E-state index contributed by atoms with van der Waals surface area (Å²) in [6.45, 7) is 3.41. The van der Waals surface area contributed by atoms with Crippen molar-refractivity contribution in [3.63, 3.8) is 0 Å². The lowest BCUT2D eigenvalue weighted by Gasteiger charge is -2.34. The second kappa shape index (κ2) is 8.28. The third-order valence-corrected chi connectivity index (χ3v) is 6.59. The van der Waals surface area contributed by atoms with Gasteiger partial charge < -0.3 is 14.5 Å². The quantitative estimate of drug-likeness (QED) is 0.591. The van der Waals surface area contributed by atoms with E-state index in [1.54, 1.807) is 16.7 Å². The monoisotopic (exact) mass is 422 g/mol. The van der Waals surface area contributed by atoms with Gasteiger partial charge in [-0.1, -0.05) is 30.3 Å². The number of piperazine rings is 1. The van der Waals surface area contributed by atoms with E-state index in [-0.39, 0.29) is 17.8 Å². The molecule has 2 heterocycles. The Balaban J connectivity index is 1.65. The second-order valence-corrected chi connectivity index (χ2v) is 8.26. The highest BCUT2D eigenvalue weighted by Gasteiger charge is 2.26. The first kappa shape index (κ1) is 20.1. The molecule has 1 aliphatic rings. The zero-order valence-corrected chi connectivity index (χ0v) is 17.7. The number of carbonyl (C=O) groups excluding carboxylic acids is 3. The number of carbonyl (C=O) groups is 3. The number of rotatable bonds is 3. The van der Waals surface area contributed by atoms with Crippen molar-refractivity contribution in [2.45, 2.75) is 6.92 Å². The van der Waals surface area contributed by atoms with Crippen LogP contribution < -0.4 is 0 Å². The van der Waals surface area contributed by atoms with Crippen molar-refractivity contribution in [2.75, 3.05) is 33.3 Å². The largest absolute Gasteiger partial charge is 0.453 e. The van der Waals surface area contributed by atoms with Crippen LogP contribution in [0.25, 0.3) is 21.2 Å². The summed E-state index contributed by atoms with van der Waals surface area (Å²) < 4.78 is 4.76. The molecule has 1 saturated heterocycles. The highest BCUT2D eigenvalue weighted by atomic mass is 32.1. The molecule has 0 atom stereocenters. The van der Waals surface area contributed by atoms with Crippen LogP contribution in [0.3, 0.4) is 0 Å². The van der Waals surface area contributed by atoms with Crippen LogP contribution in [-0.4, -0.2) is 60.9 Å². The van der Waals surface area contributed by atoms with Crippen LogP contribution >= 0.6 is 11.3 Å². The minimum absolute atomic E-state index is 0.0436. The SMILES string of the molecule is COC(=O)N1CCN(C(=O)c2ccc(-c3ccc(C(C)=O)s3)c3ccccc23)CC1. The molecule has 0 spiro atoms. The smallest absolute Gasteiger partial charge is 0.409 e. The average Bonchev–Trinajstić information content (AvgIpc) is 3.28. The third kappa shape index (κ3) is 3.68. The second-order valence-electron chi connectivity index (χ2n) is 7.18. The van der Waals surface area contributed by atoms with Gasteiger partial charge in [-0.2, -0.15) is 0 Å². The van der Waals surface area contributed by atoms with Crippen LogP contribution in [0, 0.1) is 0 Å². The van der Waals surface area contributed by atoms with Crippen LogP contribution in [0.2, 0.25) is 0 Å². The summed E-state index contributed by atoms with van der Waals surface area (Å²) in [5.41, 5.74) is 1.65. The van der Waals surface area contributed by atoms with Crippen molar-refractivity contribution in [3.8, 4) is 10.4 Å². The van der Waals surface area contributed by atoms with Crippen LogP contribution in [0.5, 0.6) is 0 Å². The summed E-state index contributed by atoms with van der Waals surface area (Å²) >= 11 is 1.46. The number of benzene rings is 2. The standard InChI is InChI=1S/C23H22N2O4S/c1-15(26)20-9-10-21(30-20)18-7-8-19(17-6-4-3-5-16(17)18)22(27)24-11-13-25(14-12-24)23(28)29-2/h3-10H,11-14H2,1-2H3. The molecular weight excluding hydrogens is 400 g/mol. The van der Waals surface area contributed by atoms with Crippen molar-refractivity contribution >= 4 is 39.9 Å². The number of ether oxygens (including phenoxy) is 1. The minimum Gasteiger partial charge on any atom is -0.453 e. The van der Waals surface area contributed by atoms with Gasteiger partial charge in [0, 0.05) is 36.6 Å². The van der Waals surface area contributed by atoms with Crippen LogP contribution in [-0.2, 0) is 4.74 Å². The van der Waals surface area contributed by atoms with Crippen molar-refractivity contribution in [1.29, 1.82) is 0 Å². The van der Waals surface area contributed by atoms with Crippen LogP contribution in [0.4, 0.5) is 4.79 Å². The molecule has 2 amide bonds.